The molecule has 1 aliphatic heterocycles. The third-order valence-corrected chi connectivity index (χ3v) is 4.75. The molecule has 1 fully saturated rings. The van der Waals surface area contributed by atoms with Crippen LogP contribution in [-0.4, -0.2) is 42.5 Å². The number of hydrogen-bond donors (Lipinski definition) is 0. The number of carbonyl (C=O) groups is 1. The largest absolute Gasteiger partial charge is 0.379 e. The molecule has 3 nitrogen and oxygen atoms in total. The first kappa shape index (κ1) is 16.4. The lowest BCUT2D eigenvalue weighted by Crippen LogP contribution is -2.56. The molecule has 21 heavy (non-hydrogen) atoms. The molecule has 0 bridgehead atoms. The molecule has 2 rings (SSSR count). The number of hydrogen-bond acceptors (Lipinski definition) is 3. The van der Waals surface area contributed by atoms with Crippen molar-refractivity contribution in [3.63, 3.8) is 0 Å². The van der Waals surface area contributed by atoms with Gasteiger partial charge in [-0.3, -0.25) is 9.69 Å². The highest BCUT2D eigenvalue weighted by atomic mass is 35.5. The van der Waals surface area contributed by atoms with Crippen molar-refractivity contribution in [3.8, 4) is 0 Å². The minimum atomic E-state index is -0.602. The van der Waals surface area contributed by atoms with Crippen molar-refractivity contribution in [3.05, 3.63) is 34.6 Å². The van der Waals surface area contributed by atoms with E-state index in [1.807, 2.05) is 13.8 Å². The van der Waals surface area contributed by atoms with E-state index >= 15 is 0 Å². The van der Waals surface area contributed by atoms with Crippen LogP contribution in [0.25, 0.3) is 0 Å². The van der Waals surface area contributed by atoms with Gasteiger partial charge < -0.3 is 4.74 Å². The second kappa shape index (κ2) is 6.86. The Labute approximate surface area is 130 Å². The quantitative estimate of drug-likeness (QED) is 0.836. The molecule has 0 amide bonds. The van der Waals surface area contributed by atoms with E-state index in [0.717, 1.165) is 13.1 Å². The molecule has 116 valence electrons. The van der Waals surface area contributed by atoms with Crippen LogP contribution < -0.4 is 0 Å². The monoisotopic (exact) mass is 313 g/mol. The molecule has 1 aliphatic rings. The van der Waals surface area contributed by atoms with E-state index in [1.165, 1.54) is 6.07 Å². The molecule has 1 aromatic rings. The summed E-state index contributed by atoms with van der Waals surface area (Å²) < 4.78 is 19.2. The van der Waals surface area contributed by atoms with E-state index in [4.69, 9.17) is 16.3 Å². The molecule has 0 saturated carbocycles. The predicted molar refractivity (Wildman–Crippen MR) is 81.2 cm³/mol. The second-order valence-corrected chi connectivity index (χ2v) is 5.93. The van der Waals surface area contributed by atoms with Gasteiger partial charge in [0.2, 0.25) is 0 Å². The normalized spacial score (nSPS) is 19.2. The summed E-state index contributed by atoms with van der Waals surface area (Å²) in [6, 6.07) is 4.50. The van der Waals surface area contributed by atoms with Gasteiger partial charge in [-0.25, -0.2) is 4.39 Å². The summed E-state index contributed by atoms with van der Waals surface area (Å²) in [5.41, 5.74) is -0.313. The topological polar surface area (TPSA) is 29.5 Å². The van der Waals surface area contributed by atoms with Gasteiger partial charge in [-0.1, -0.05) is 24.6 Å². The third-order valence-electron chi connectivity index (χ3n) is 4.40. The highest BCUT2D eigenvalue weighted by Gasteiger charge is 2.38. The highest BCUT2D eigenvalue weighted by Crippen LogP contribution is 2.27. The number of morpholine rings is 1. The van der Waals surface area contributed by atoms with Crippen molar-refractivity contribution in [2.24, 2.45) is 0 Å². The van der Waals surface area contributed by atoms with E-state index in [9.17, 15) is 9.18 Å². The van der Waals surface area contributed by atoms with Crippen LogP contribution in [0.1, 0.15) is 25.8 Å². The van der Waals surface area contributed by atoms with Gasteiger partial charge in [-0.15, -0.1) is 0 Å². The smallest absolute Gasteiger partial charge is 0.157 e. The Morgan fingerprint density at radius 1 is 1.43 bits per heavy atom. The SMILES string of the molecule is CCC(C)(C(=O)Cc1c(F)cccc1Cl)N1CCOCC1. The molecule has 1 unspecified atom stereocenters. The van der Waals surface area contributed by atoms with Crippen molar-refractivity contribution in [2.75, 3.05) is 26.3 Å². The van der Waals surface area contributed by atoms with E-state index in [1.54, 1.807) is 12.1 Å². The van der Waals surface area contributed by atoms with Crippen LogP contribution in [0.3, 0.4) is 0 Å². The van der Waals surface area contributed by atoms with Crippen LogP contribution >= 0.6 is 11.6 Å². The van der Waals surface area contributed by atoms with Gasteiger partial charge in [0.1, 0.15) is 5.82 Å². The Morgan fingerprint density at radius 2 is 2.10 bits per heavy atom. The van der Waals surface area contributed by atoms with E-state index < -0.39 is 11.4 Å². The Balaban J connectivity index is 2.20. The van der Waals surface area contributed by atoms with Gasteiger partial charge in [-0.05, 0) is 25.5 Å². The van der Waals surface area contributed by atoms with Crippen molar-refractivity contribution in [2.45, 2.75) is 32.2 Å². The van der Waals surface area contributed by atoms with Gasteiger partial charge in [0.05, 0.1) is 18.8 Å². The molecule has 5 heteroatoms. The summed E-state index contributed by atoms with van der Waals surface area (Å²) in [5, 5.41) is 0.309. The average Bonchev–Trinajstić information content (AvgIpc) is 2.51. The maximum Gasteiger partial charge on any atom is 0.157 e. The third kappa shape index (κ3) is 3.44. The first-order valence-corrected chi connectivity index (χ1v) is 7.66. The van der Waals surface area contributed by atoms with Gasteiger partial charge in [-0.2, -0.15) is 0 Å². The van der Waals surface area contributed by atoms with Crippen LogP contribution in [0.4, 0.5) is 4.39 Å². The summed E-state index contributed by atoms with van der Waals surface area (Å²) in [4.78, 5) is 14.9. The number of carbonyl (C=O) groups excluding carboxylic acids is 1. The molecule has 0 spiro atoms. The molecule has 1 atom stereocenters. The maximum atomic E-state index is 13.9. The lowest BCUT2D eigenvalue weighted by Gasteiger charge is -2.41. The minimum absolute atomic E-state index is 0.00102. The number of halogens is 2. The van der Waals surface area contributed by atoms with Gasteiger partial charge in [0.25, 0.3) is 0 Å². The van der Waals surface area contributed by atoms with Crippen LogP contribution in [0.15, 0.2) is 18.2 Å². The Bertz CT molecular complexity index is 497. The molecule has 1 aromatic carbocycles. The zero-order valence-electron chi connectivity index (χ0n) is 12.5. The molecule has 1 saturated heterocycles. The number of ether oxygens (including phenoxy) is 1. The van der Waals surface area contributed by atoms with E-state index in [-0.39, 0.29) is 17.8 Å². The summed E-state index contributed by atoms with van der Waals surface area (Å²) in [6.07, 6.45) is 0.700. The van der Waals surface area contributed by atoms with Crippen LogP contribution in [0, 0.1) is 5.82 Å². The lowest BCUT2D eigenvalue weighted by molar-refractivity contribution is -0.133. The first-order valence-electron chi connectivity index (χ1n) is 7.28. The Kier molecular flexibility index (Phi) is 5.36. The molecule has 0 N–H and O–H groups in total. The van der Waals surface area contributed by atoms with Gasteiger partial charge in [0.15, 0.2) is 5.78 Å². The number of benzene rings is 1. The van der Waals surface area contributed by atoms with E-state index in [2.05, 4.69) is 4.90 Å². The van der Waals surface area contributed by atoms with Gasteiger partial charge >= 0.3 is 0 Å². The number of Topliss-reactive ketones (excluding diaryl/α,β-unsaturated/α-hetero) is 1. The molecule has 0 radical (unpaired) electrons. The fourth-order valence-electron chi connectivity index (χ4n) is 2.71. The molecule has 0 aliphatic carbocycles. The molecule has 0 aromatic heterocycles. The van der Waals surface area contributed by atoms with Crippen LogP contribution in [0.2, 0.25) is 5.02 Å². The number of nitrogens with zero attached hydrogens (tertiary/aromatic N) is 1. The summed E-state index contributed by atoms with van der Waals surface area (Å²) in [7, 11) is 0. The van der Waals surface area contributed by atoms with Crippen molar-refractivity contribution < 1.29 is 13.9 Å². The second-order valence-electron chi connectivity index (χ2n) is 5.53. The molecular formula is C16H21ClFNO2. The zero-order chi connectivity index (χ0) is 15.5. The summed E-state index contributed by atoms with van der Waals surface area (Å²) in [6.45, 7) is 6.61. The molecular weight excluding hydrogens is 293 g/mol. The van der Waals surface area contributed by atoms with Gasteiger partial charge in [0, 0.05) is 30.1 Å². The average molecular weight is 314 g/mol. The predicted octanol–water partition coefficient (Wildman–Crippen LogP) is 3.09. The summed E-state index contributed by atoms with van der Waals surface area (Å²) >= 11 is 6.03. The summed E-state index contributed by atoms with van der Waals surface area (Å²) in [5.74, 6) is -0.421. The Hall–Kier alpha value is -0.970. The lowest BCUT2D eigenvalue weighted by atomic mass is 9.87. The van der Waals surface area contributed by atoms with E-state index in [0.29, 0.717) is 24.7 Å². The standard InChI is InChI=1S/C16H21ClFNO2/c1-3-16(2,19-7-9-21-10-8-19)15(20)11-12-13(17)5-4-6-14(12)18/h4-6H,3,7-11H2,1-2H3. The maximum absolute atomic E-state index is 13.9. The van der Waals surface area contributed by atoms with Crippen molar-refractivity contribution in [1.82, 2.24) is 4.90 Å². The van der Waals surface area contributed by atoms with Crippen LogP contribution in [0.5, 0.6) is 0 Å². The first-order chi connectivity index (χ1) is 9.99. The minimum Gasteiger partial charge on any atom is -0.379 e. The van der Waals surface area contributed by atoms with Crippen molar-refractivity contribution in [1.29, 1.82) is 0 Å². The zero-order valence-corrected chi connectivity index (χ0v) is 13.3. The fraction of sp³-hybridized carbons (Fsp3) is 0.562. The highest BCUT2D eigenvalue weighted by molar-refractivity contribution is 6.31. The molecule has 1 heterocycles. The number of ketones is 1. The van der Waals surface area contributed by atoms with Crippen LogP contribution in [-0.2, 0) is 16.0 Å². The Morgan fingerprint density at radius 3 is 2.67 bits per heavy atom. The van der Waals surface area contributed by atoms with Crippen molar-refractivity contribution >= 4 is 17.4 Å². The number of rotatable bonds is 5. The fourth-order valence-corrected chi connectivity index (χ4v) is 2.94.